The van der Waals surface area contributed by atoms with Gasteiger partial charge in [0.15, 0.2) is 18.2 Å². The van der Waals surface area contributed by atoms with E-state index >= 15 is 0 Å². The molecule has 4 aromatic rings. The van der Waals surface area contributed by atoms with Crippen molar-refractivity contribution in [2.24, 2.45) is 5.41 Å². The Morgan fingerprint density at radius 3 is 2.44 bits per heavy atom. The number of halogens is 1. The third-order valence-corrected chi connectivity index (χ3v) is 13.8. The number of nitrogens with one attached hydrogen (secondary N) is 3. The van der Waals surface area contributed by atoms with Crippen molar-refractivity contribution in [3.63, 3.8) is 0 Å². The molecule has 4 saturated heterocycles. The number of ether oxygens (including phenoxy) is 1. The van der Waals surface area contributed by atoms with Crippen LogP contribution < -0.4 is 36.0 Å². The van der Waals surface area contributed by atoms with Crippen LogP contribution in [0.25, 0.3) is 10.9 Å². The highest BCUT2D eigenvalue weighted by Gasteiger charge is 2.48. The number of aromatic nitrogens is 3. The lowest BCUT2D eigenvalue weighted by Crippen LogP contribution is -2.54. The summed E-state index contributed by atoms with van der Waals surface area (Å²) in [5.41, 5.74) is 2.70. The summed E-state index contributed by atoms with van der Waals surface area (Å²) in [6, 6.07) is 11.9. The summed E-state index contributed by atoms with van der Waals surface area (Å²) in [7, 11) is 1.51. The fourth-order valence-electron chi connectivity index (χ4n) is 10.1. The summed E-state index contributed by atoms with van der Waals surface area (Å²) < 4.78 is 7.27. The number of piperidine rings is 3. The second kappa shape index (κ2) is 16.9. The summed E-state index contributed by atoms with van der Waals surface area (Å²) in [6.07, 6.45) is 6.82. The molecule has 0 radical (unpaired) electrons. The van der Waals surface area contributed by atoms with E-state index in [0.717, 1.165) is 92.9 Å². The van der Waals surface area contributed by atoms with Crippen LogP contribution in [0.2, 0.25) is 5.02 Å². The molecule has 1 unspecified atom stereocenters. The van der Waals surface area contributed by atoms with Crippen LogP contribution in [-0.2, 0) is 14.4 Å². The van der Waals surface area contributed by atoms with E-state index in [0.29, 0.717) is 39.6 Å². The molecule has 18 heteroatoms. The maximum atomic E-state index is 13.8. The molecule has 5 amide bonds. The highest BCUT2D eigenvalue weighted by atomic mass is 35.5. The zero-order valence-electron chi connectivity index (χ0n) is 35.6. The number of hydrogen-bond acceptors (Lipinski definition) is 13. The first kappa shape index (κ1) is 42.2. The standard InChI is InChI=1S/C45H51ClN10O7/c1-26(2)55-32-8-7-28(21-27(32)22-35(42(55)61)63-24-37(58)47-3)49-39-31(46)23-48-44(51-39)53-16-11-29(12-17-53)54-20-15-45(25-54)13-18-52(19-14-45)33-6-4-5-30-38(33)43(62)56(41(30)60)34-9-10-36(57)50-40(34)59/h4-8,21-23,26,29,34H,9-20,24-25H2,1-3H3,(H,47,58)(H,48,49,51)(H,50,57,59). The Hall–Kier alpha value is -6.07. The molecule has 63 heavy (non-hydrogen) atoms. The fourth-order valence-corrected chi connectivity index (χ4v) is 10.2. The zero-order chi connectivity index (χ0) is 44.2. The first-order valence-corrected chi connectivity index (χ1v) is 22.1. The van der Waals surface area contributed by atoms with E-state index in [9.17, 15) is 28.8 Å². The van der Waals surface area contributed by atoms with Gasteiger partial charge in [-0.05, 0) is 101 Å². The van der Waals surface area contributed by atoms with Crippen molar-refractivity contribution in [2.45, 2.75) is 76.9 Å². The van der Waals surface area contributed by atoms with Gasteiger partial charge < -0.3 is 29.7 Å². The SMILES string of the molecule is CNC(=O)COc1cc2cc(Nc3nc(N4CCC(N5CCC6(CCN(c7cccc8c7C(=O)N(C7CCC(=O)NC7=O)C8=O)CC6)C5)CC4)ncc3Cl)ccc2n(C(C)C)c1=O. The number of carbonyl (C=O) groups is 5. The normalized spacial score (nSPS) is 20.5. The van der Waals surface area contributed by atoms with Crippen LogP contribution in [0.15, 0.2) is 53.5 Å². The summed E-state index contributed by atoms with van der Waals surface area (Å²) in [6.45, 7) is 8.75. The summed E-state index contributed by atoms with van der Waals surface area (Å²) >= 11 is 6.63. The topological polar surface area (TPSA) is 191 Å². The monoisotopic (exact) mass is 878 g/mol. The third kappa shape index (κ3) is 7.96. The molecule has 1 spiro atoms. The molecule has 7 heterocycles. The van der Waals surface area contributed by atoms with Gasteiger partial charge in [-0.1, -0.05) is 17.7 Å². The van der Waals surface area contributed by atoms with Crippen LogP contribution in [0.1, 0.15) is 85.6 Å². The highest BCUT2D eigenvalue weighted by molar-refractivity contribution is 6.33. The van der Waals surface area contributed by atoms with E-state index in [1.165, 1.54) is 7.05 Å². The number of rotatable bonds is 10. The maximum absolute atomic E-state index is 13.8. The number of anilines is 4. The second-order valence-corrected chi connectivity index (χ2v) is 18.0. The van der Waals surface area contributed by atoms with Crippen LogP contribution in [0.3, 0.4) is 0 Å². The van der Waals surface area contributed by atoms with Crippen molar-refractivity contribution in [1.82, 2.24) is 35.0 Å². The lowest BCUT2D eigenvalue weighted by atomic mass is 9.77. The molecule has 4 fully saturated rings. The number of benzene rings is 2. The van der Waals surface area contributed by atoms with Crippen molar-refractivity contribution in [2.75, 3.05) is 68.0 Å². The number of pyridine rings is 1. The zero-order valence-corrected chi connectivity index (χ0v) is 36.4. The molecule has 2 aromatic heterocycles. The molecule has 5 aliphatic rings. The van der Waals surface area contributed by atoms with E-state index in [4.69, 9.17) is 21.3 Å². The van der Waals surface area contributed by atoms with Gasteiger partial charge >= 0.3 is 0 Å². The van der Waals surface area contributed by atoms with Gasteiger partial charge in [0.05, 0.1) is 28.5 Å². The Kier molecular flexibility index (Phi) is 11.3. The van der Waals surface area contributed by atoms with Crippen LogP contribution in [0.4, 0.5) is 23.1 Å². The highest BCUT2D eigenvalue weighted by Crippen LogP contribution is 2.44. The first-order valence-electron chi connectivity index (χ1n) is 21.7. The van der Waals surface area contributed by atoms with E-state index in [-0.39, 0.29) is 48.1 Å². The van der Waals surface area contributed by atoms with Crippen molar-refractivity contribution in [3.05, 3.63) is 75.2 Å². The van der Waals surface area contributed by atoms with Gasteiger partial charge in [0.1, 0.15) is 11.1 Å². The largest absolute Gasteiger partial charge is 0.478 e. The quantitative estimate of drug-likeness (QED) is 0.192. The summed E-state index contributed by atoms with van der Waals surface area (Å²) in [5.74, 6) is -1.15. The minimum Gasteiger partial charge on any atom is -0.478 e. The van der Waals surface area contributed by atoms with E-state index < -0.39 is 29.7 Å². The number of nitrogens with zero attached hydrogens (tertiary/aromatic N) is 7. The molecular formula is C45H51ClN10O7. The molecule has 3 N–H and O–H groups in total. The van der Waals surface area contributed by atoms with Crippen molar-refractivity contribution in [3.8, 4) is 5.75 Å². The Labute approximate surface area is 369 Å². The van der Waals surface area contributed by atoms with Gasteiger partial charge in [-0.3, -0.25) is 43.9 Å². The molecular weight excluding hydrogens is 828 g/mol. The fraction of sp³-hybridized carbons (Fsp3) is 0.467. The molecule has 0 saturated carbocycles. The molecule has 9 rings (SSSR count). The minimum absolute atomic E-state index is 0.0830. The molecule has 0 aliphatic carbocycles. The molecule has 1 atom stereocenters. The number of amides is 5. The summed E-state index contributed by atoms with van der Waals surface area (Å²) in [4.78, 5) is 94.3. The number of hydrogen-bond donors (Lipinski definition) is 3. The Bertz CT molecular complexity index is 2580. The van der Waals surface area contributed by atoms with Gasteiger partial charge in [-0.15, -0.1) is 0 Å². The Morgan fingerprint density at radius 2 is 1.71 bits per heavy atom. The average Bonchev–Trinajstić information content (AvgIpc) is 3.80. The molecule has 2 aromatic carbocycles. The van der Waals surface area contributed by atoms with Crippen molar-refractivity contribution in [1.29, 1.82) is 0 Å². The number of imide groups is 2. The van der Waals surface area contributed by atoms with Gasteiger partial charge in [-0.25, -0.2) is 4.98 Å². The maximum Gasteiger partial charge on any atom is 0.293 e. The van der Waals surface area contributed by atoms with Gasteiger partial charge in [-0.2, -0.15) is 4.98 Å². The number of carbonyl (C=O) groups excluding carboxylic acids is 5. The predicted octanol–water partition coefficient (Wildman–Crippen LogP) is 4.26. The molecule has 0 bridgehead atoms. The molecule has 5 aliphatic heterocycles. The van der Waals surface area contributed by atoms with E-state index in [2.05, 4.69) is 35.6 Å². The Morgan fingerprint density at radius 1 is 0.952 bits per heavy atom. The van der Waals surface area contributed by atoms with Gasteiger partial charge in [0.2, 0.25) is 17.8 Å². The lowest BCUT2D eigenvalue weighted by Gasteiger charge is -2.42. The third-order valence-electron chi connectivity index (χ3n) is 13.5. The predicted molar refractivity (Wildman–Crippen MR) is 237 cm³/mol. The van der Waals surface area contributed by atoms with E-state index in [1.54, 1.807) is 29.0 Å². The van der Waals surface area contributed by atoms with Crippen molar-refractivity contribution >= 4 is 75.2 Å². The molecule has 330 valence electrons. The minimum atomic E-state index is -0.992. The van der Waals surface area contributed by atoms with Crippen LogP contribution in [-0.4, -0.2) is 119 Å². The number of fused-ring (bicyclic) bond motifs is 2. The molecule has 17 nitrogen and oxygen atoms in total. The van der Waals surface area contributed by atoms with Crippen LogP contribution in [0, 0.1) is 5.41 Å². The van der Waals surface area contributed by atoms with E-state index in [1.807, 2.05) is 38.1 Å². The van der Waals surface area contributed by atoms with Crippen molar-refractivity contribution < 1.29 is 28.7 Å². The lowest BCUT2D eigenvalue weighted by molar-refractivity contribution is -0.136. The number of likely N-dealkylation sites (tertiary alicyclic amines) is 1. The Balaban J connectivity index is 0.814. The average molecular weight is 879 g/mol. The smallest absolute Gasteiger partial charge is 0.293 e. The first-order chi connectivity index (χ1) is 30.3. The van der Waals surface area contributed by atoms with Crippen LogP contribution >= 0.6 is 11.6 Å². The summed E-state index contributed by atoms with van der Waals surface area (Å²) in [5, 5.41) is 9.24. The van der Waals surface area contributed by atoms with Gasteiger partial charge in [0, 0.05) is 69.3 Å². The van der Waals surface area contributed by atoms with Gasteiger partial charge in [0.25, 0.3) is 23.3 Å². The second-order valence-electron chi connectivity index (χ2n) is 17.6. The van der Waals surface area contributed by atoms with Crippen LogP contribution in [0.5, 0.6) is 5.75 Å². The number of likely N-dealkylation sites (N-methyl/N-ethyl adjacent to an activating group) is 1.